The van der Waals surface area contributed by atoms with Gasteiger partial charge in [-0.25, -0.2) is 0 Å². The largest absolute Gasteiger partial charge is 0.394 e. The number of aliphatic hydroxyl groups excluding tert-OH is 1. The van der Waals surface area contributed by atoms with E-state index in [4.69, 9.17) is 20.3 Å². The van der Waals surface area contributed by atoms with Gasteiger partial charge in [-0.1, -0.05) is 13.3 Å². The van der Waals surface area contributed by atoms with Gasteiger partial charge >= 0.3 is 0 Å². The predicted octanol–water partition coefficient (Wildman–Crippen LogP) is 0.528. The van der Waals surface area contributed by atoms with Gasteiger partial charge in [0.05, 0.1) is 25.9 Å². The maximum absolute atomic E-state index is 9.16. The van der Waals surface area contributed by atoms with E-state index in [0.717, 1.165) is 32.5 Å². The summed E-state index contributed by atoms with van der Waals surface area (Å²) in [7, 11) is 0. The normalized spacial score (nSPS) is 25.4. The van der Waals surface area contributed by atoms with Gasteiger partial charge in [-0.05, 0) is 12.8 Å². The van der Waals surface area contributed by atoms with E-state index in [0.29, 0.717) is 12.5 Å². The summed E-state index contributed by atoms with van der Waals surface area (Å²) in [5.41, 5.74) is 5.91. The van der Waals surface area contributed by atoms with Crippen LogP contribution in [0, 0.1) is 5.92 Å². The Balaban J connectivity index is 2.19. The molecule has 3 N–H and O–H groups in total. The number of rotatable bonds is 7. The molecule has 0 aromatic rings. The first-order valence-electron chi connectivity index (χ1n) is 5.83. The highest BCUT2D eigenvalue weighted by molar-refractivity contribution is 4.73. The van der Waals surface area contributed by atoms with Crippen molar-refractivity contribution >= 4 is 0 Å². The highest BCUT2D eigenvalue weighted by Crippen LogP contribution is 2.14. The van der Waals surface area contributed by atoms with E-state index in [1.54, 1.807) is 0 Å². The molecule has 0 amide bonds. The van der Waals surface area contributed by atoms with E-state index in [1.165, 1.54) is 0 Å². The number of nitrogens with two attached hydrogens (primary N) is 1. The monoisotopic (exact) mass is 217 g/mol. The molecular weight excluding hydrogens is 194 g/mol. The van der Waals surface area contributed by atoms with Gasteiger partial charge in [-0.15, -0.1) is 0 Å². The van der Waals surface area contributed by atoms with Crippen LogP contribution in [0.15, 0.2) is 0 Å². The van der Waals surface area contributed by atoms with Crippen molar-refractivity contribution in [3.8, 4) is 0 Å². The first-order chi connectivity index (χ1) is 7.27. The summed E-state index contributed by atoms with van der Waals surface area (Å²) < 4.78 is 10.9. The van der Waals surface area contributed by atoms with Crippen molar-refractivity contribution < 1.29 is 14.6 Å². The molecule has 0 aliphatic carbocycles. The quantitative estimate of drug-likeness (QED) is 0.653. The Kier molecular flexibility index (Phi) is 6.17. The van der Waals surface area contributed by atoms with Gasteiger partial charge in [0.25, 0.3) is 0 Å². The Labute approximate surface area is 91.7 Å². The smallest absolute Gasteiger partial charge is 0.0956 e. The van der Waals surface area contributed by atoms with Crippen LogP contribution in [-0.4, -0.2) is 43.7 Å². The number of hydrogen-bond acceptors (Lipinski definition) is 4. The molecule has 0 radical (unpaired) electrons. The first-order valence-corrected chi connectivity index (χ1v) is 5.83. The van der Waals surface area contributed by atoms with E-state index in [-0.39, 0.29) is 18.8 Å². The van der Waals surface area contributed by atoms with Crippen molar-refractivity contribution in [1.82, 2.24) is 0 Å². The number of hydrogen-bond donors (Lipinski definition) is 2. The number of aliphatic hydroxyl groups is 1. The molecule has 0 aromatic carbocycles. The Morgan fingerprint density at radius 2 is 2.40 bits per heavy atom. The third kappa shape index (κ3) is 4.47. The molecule has 4 heteroatoms. The molecule has 0 saturated carbocycles. The standard InChI is InChI=1S/C11H23NO3/c1-2-3-10(12)11(6-13)15-8-9-4-5-14-7-9/h9-11,13H,2-8,12H2,1H3. The van der Waals surface area contributed by atoms with Gasteiger partial charge in [0.15, 0.2) is 0 Å². The van der Waals surface area contributed by atoms with Gasteiger partial charge in [0, 0.05) is 18.6 Å². The van der Waals surface area contributed by atoms with Crippen LogP contribution in [0.4, 0.5) is 0 Å². The molecule has 1 aliphatic rings. The Morgan fingerprint density at radius 1 is 1.60 bits per heavy atom. The molecule has 4 nitrogen and oxygen atoms in total. The molecule has 0 spiro atoms. The predicted molar refractivity (Wildman–Crippen MR) is 58.6 cm³/mol. The van der Waals surface area contributed by atoms with Crippen LogP contribution >= 0.6 is 0 Å². The fraction of sp³-hybridized carbons (Fsp3) is 1.00. The lowest BCUT2D eigenvalue weighted by Gasteiger charge is -2.23. The van der Waals surface area contributed by atoms with Crippen LogP contribution in [0.25, 0.3) is 0 Å². The minimum atomic E-state index is -0.217. The molecule has 0 bridgehead atoms. The third-order valence-electron chi connectivity index (χ3n) is 2.85. The van der Waals surface area contributed by atoms with Gasteiger partial charge in [0.2, 0.25) is 0 Å². The van der Waals surface area contributed by atoms with Gasteiger partial charge in [-0.2, -0.15) is 0 Å². The van der Waals surface area contributed by atoms with Crippen molar-refractivity contribution in [2.24, 2.45) is 11.7 Å². The lowest BCUT2D eigenvalue weighted by Crippen LogP contribution is -2.40. The summed E-state index contributed by atoms with van der Waals surface area (Å²) in [6, 6.07) is -0.0534. The summed E-state index contributed by atoms with van der Waals surface area (Å²) in [5, 5.41) is 9.16. The summed E-state index contributed by atoms with van der Waals surface area (Å²) in [6.45, 7) is 4.36. The maximum atomic E-state index is 9.16. The van der Waals surface area contributed by atoms with Crippen molar-refractivity contribution in [1.29, 1.82) is 0 Å². The van der Waals surface area contributed by atoms with Crippen LogP contribution in [0.1, 0.15) is 26.2 Å². The van der Waals surface area contributed by atoms with Crippen molar-refractivity contribution in [3.05, 3.63) is 0 Å². The molecule has 1 rings (SSSR count). The molecule has 0 aromatic heterocycles. The number of ether oxygens (including phenoxy) is 2. The van der Waals surface area contributed by atoms with E-state index < -0.39 is 0 Å². The summed E-state index contributed by atoms with van der Waals surface area (Å²) in [5.74, 6) is 0.480. The second-order valence-electron chi connectivity index (χ2n) is 4.24. The van der Waals surface area contributed by atoms with Crippen LogP contribution in [-0.2, 0) is 9.47 Å². The van der Waals surface area contributed by atoms with Crippen LogP contribution < -0.4 is 5.73 Å². The van der Waals surface area contributed by atoms with Crippen molar-refractivity contribution in [3.63, 3.8) is 0 Å². The summed E-state index contributed by atoms with van der Waals surface area (Å²) in [6.07, 6.45) is 2.76. The molecule has 3 atom stereocenters. The summed E-state index contributed by atoms with van der Waals surface area (Å²) >= 11 is 0. The average Bonchev–Trinajstić information content (AvgIpc) is 2.72. The molecule has 90 valence electrons. The zero-order valence-corrected chi connectivity index (χ0v) is 9.52. The Hall–Kier alpha value is -0.160. The summed E-state index contributed by atoms with van der Waals surface area (Å²) in [4.78, 5) is 0. The zero-order chi connectivity index (χ0) is 11.1. The molecule has 15 heavy (non-hydrogen) atoms. The Morgan fingerprint density at radius 3 is 2.93 bits per heavy atom. The van der Waals surface area contributed by atoms with Crippen LogP contribution in [0.2, 0.25) is 0 Å². The van der Waals surface area contributed by atoms with Crippen molar-refractivity contribution in [2.75, 3.05) is 26.4 Å². The molecule has 1 saturated heterocycles. The molecule has 1 fully saturated rings. The van der Waals surface area contributed by atoms with E-state index in [9.17, 15) is 0 Å². The van der Waals surface area contributed by atoms with Crippen LogP contribution in [0.5, 0.6) is 0 Å². The van der Waals surface area contributed by atoms with Crippen molar-refractivity contribution in [2.45, 2.75) is 38.3 Å². The van der Waals surface area contributed by atoms with Gasteiger partial charge in [-0.3, -0.25) is 0 Å². The van der Waals surface area contributed by atoms with E-state index in [1.807, 2.05) is 0 Å². The minimum absolute atomic E-state index is 0.00867. The highest BCUT2D eigenvalue weighted by Gasteiger charge is 2.21. The average molecular weight is 217 g/mol. The Bertz CT molecular complexity index is 160. The molecule has 1 aliphatic heterocycles. The molecule has 1 heterocycles. The lowest BCUT2D eigenvalue weighted by atomic mass is 10.1. The second kappa shape index (κ2) is 7.17. The SMILES string of the molecule is CCCC(N)C(CO)OCC1CCOC1. The fourth-order valence-electron chi connectivity index (χ4n) is 1.81. The third-order valence-corrected chi connectivity index (χ3v) is 2.85. The van der Waals surface area contributed by atoms with E-state index in [2.05, 4.69) is 6.92 Å². The van der Waals surface area contributed by atoms with Gasteiger partial charge in [0.1, 0.15) is 0 Å². The van der Waals surface area contributed by atoms with Crippen LogP contribution in [0.3, 0.4) is 0 Å². The topological polar surface area (TPSA) is 64.7 Å². The fourth-order valence-corrected chi connectivity index (χ4v) is 1.81. The minimum Gasteiger partial charge on any atom is -0.394 e. The van der Waals surface area contributed by atoms with Gasteiger partial charge < -0.3 is 20.3 Å². The molecular formula is C11H23NO3. The molecule has 3 unspecified atom stereocenters. The zero-order valence-electron chi connectivity index (χ0n) is 9.52. The van der Waals surface area contributed by atoms with E-state index >= 15 is 0 Å². The first kappa shape index (κ1) is 12.9. The lowest BCUT2D eigenvalue weighted by molar-refractivity contribution is -0.0208. The maximum Gasteiger partial charge on any atom is 0.0956 e. The second-order valence-corrected chi connectivity index (χ2v) is 4.24. The highest BCUT2D eigenvalue weighted by atomic mass is 16.5.